The molecule has 24 heavy (non-hydrogen) atoms. The first-order chi connectivity index (χ1) is 11.5. The molecule has 1 N–H and O–H groups in total. The fourth-order valence-corrected chi connectivity index (χ4v) is 2.32. The van der Waals surface area contributed by atoms with Crippen molar-refractivity contribution >= 4 is 40.0 Å². The molecule has 2 aromatic carbocycles. The number of aromatic nitrogens is 1. The largest absolute Gasteiger partial charge is 0.417 e. The average Bonchev–Trinajstić information content (AvgIpc) is 2.56. The molecule has 8 heteroatoms. The molecule has 0 bridgehead atoms. The fraction of sp³-hybridized carbons (Fsp3) is 0. The van der Waals surface area contributed by atoms with Crippen LogP contribution < -0.4 is 10.1 Å². The van der Waals surface area contributed by atoms with Crippen LogP contribution in [0.25, 0.3) is 10.9 Å². The van der Waals surface area contributed by atoms with Crippen molar-refractivity contribution in [1.29, 1.82) is 0 Å². The molecule has 3 rings (SSSR count). The minimum absolute atomic E-state index is 0.0165. The number of hydrogen-bond donors (Lipinski definition) is 1. The number of hydrogen-bond acceptors (Lipinski definition) is 5. The van der Waals surface area contributed by atoms with Gasteiger partial charge in [0.05, 0.1) is 10.6 Å². The number of benzene rings is 2. The maximum Gasteiger partial charge on any atom is 0.417 e. The van der Waals surface area contributed by atoms with E-state index in [-0.39, 0.29) is 22.1 Å². The number of nitro benzene ring substituents is 1. The van der Waals surface area contributed by atoms with E-state index in [4.69, 9.17) is 16.3 Å². The lowest BCUT2D eigenvalue weighted by molar-refractivity contribution is -0.384. The molecule has 0 unspecified atom stereocenters. The molecule has 0 spiro atoms. The van der Waals surface area contributed by atoms with Gasteiger partial charge in [-0.1, -0.05) is 29.8 Å². The van der Waals surface area contributed by atoms with E-state index in [1.165, 1.54) is 12.1 Å². The van der Waals surface area contributed by atoms with Crippen LogP contribution in [-0.2, 0) is 0 Å². The maximum absolute atomic E-state index is 12.0. The van der Waals surface area contributed by atoms with Crippen molar-refractivity contribution in [2.45, 2.75) is 0 Å². The van der Waals surface area contributed by atoms with E-state index >= 15 is 0 Å². The van der Waals surface area contributed by atoms with Gasteiger partial charge in [0.2, 0.25) is 0 Å². The summed E-state index contributed by atoms with van der Waals surface area (Å²) >= 11 is 5.73. The van der Waals surface area contributed by atoms with Gasteiger partial charge in [0.15, 0.2) is 5.75 Å². The summed E-state index contributed by atoms with van der Waals surface area (Å²) < 4.78 is 5.25. The smallest absolute Gasteiger partial charge is 0.408 e. The standard InChI is InChI=1S/C16H10ClN3O4/c17-12-7-6-11(9-13(12)20(22)23)19-16(21)24-14-5-1-3-10-4-2-8-18-15(10)14/h1-9H,(H,19,21). The second kappa shape index (κ2) is 6.51. The molecule has 0 saturated carbocycles. The van der Waals surface area contributed by atoms with Crippen molar-refractivity contribution in [3.05, 3.63) is 69.9 Å². The zero-order chi connectivity index (χ0) is 17.1. The fourth-order valence-electron chi connectivity index (χ4n) is 2.13. The van der Waals surface area contributed by atoms with Gasteiger partial charge in [0.25, 0.3) is 5.69 Å². The third-order valence-corrected chi connectivity index (χ3v) is 3.51. The monoisotopic (exact) mass is 343 g/mol. The lowest BCUT2D eigenvalue weighted by Gasteiger charge is -2.08. The second-order valence-corrected chi connectivity index (χ2v) is 5.18. The SMILES string of the molecule is O=C(Nc1ccc(Cl)c([N+](=O)[O-])c1)Oc1cccc2cccnc12. The number of ether oxygens (including phenoxy) is 1. The Kier molecular flexibility index (Phi) is 4.26. The topological polar surface area (TPSA) is 94.4 Å². The van der Waals surface area contributed by atoms with Crippen molar-refractivity contribution in [2.75, 3.05) is 5.32 Å². The number of fused-ring (bicyclic) bond motifs is 1. The number of nitrogens with zero attached hydrogens (tertiary/aromatic N) is 2. The van der Waals surface area contributed by atoms with Crippen LogP contribution in [0.4, 0.5) is 16.2 Å². The number of rotatable bonds is 3. The van der Waals surface area contributed by atoms with E-state index in [0.717, 1.165) is 11.5 Å². The van der Waals surface area contributed by atoms with E-state index in [1.54, 1.807) is 24.4 Å². The highest BCUT2D eigenvalue weighted by molar-refractivity contribution is 6.32. The number of nitrogens with one attached hydrogen (secondary N) is 1. The van der Waals surface area contributed by atoms with Gasteiger partial charge in [0, 0.05) is 17.6 Å². The predicted octanol–water partition coefficient (Wildman–Crippen LogP) is 4.41. The lowest BCUT2D eigenvalue weighted by Crippen LogP contribution is -2.17. The van der Waals surface area contributed by atoms with Crippen molar-refractivity contribution < 1.29 is 14.5 Å². The minimum atomic E-state index is -0.787. The first-order valence-corrected chi connectivity index (χ1v) is 7.19. The number of amides is 1. The molecular weight excluding hydrogens is 334 g/mol. The van der Waals surface area contributed by atoms with E-state index in [1.807, 2.05) is 12.1 Å². The van der Waals surface area contributed by atoms with Crippen molar-refractivity contribution in [3.63, 3.8) is 0 Å². The van der Waals surface area contributed by atoms with Crippen molar-refractivity contribution in [3.8, 4) is 5.75 Å². The number of para-hydroxylation sites is 1. The van der Waals surface area contributed by atoms with Crippen LogP contribution in [0.1, 0.15) is 0 Å². The first-order valence-electron chi connectivity index (χ1n) is 6.81. The van der Waals surface area contributed by atoms with Crippen molar-refractivity contribution in [2.24, 2.45) is 0 Å². The van der Waals surface area contributed by atoms with Crippen LogP contribution in [0.3, 0.4) is 0 Å². The molecule has 0 atom stereocenters. The second-order valence-electron chi connectivity index (χ2n) is 4.77. The molecule has 0 aliphatic carbocycles. The van der Waals surface area contributed by atoms with E-state index < -0.39 is 11.0 Å². The number of carbonyl (C=O) groups excluding carboxylic acids is 1. The highest BCUT2D eigenvalue weighted by Crippen LogP contribution is 2.28. The zero-order valence-corrected chi connectivity index (χ0v) is 12.9. The highest BCUT2D eigenvalue weighted by atomic mass is 35.5. The van der Waals surface area contributed by atoms with Crippen LogP contribution in [0, 0.1) is 10.1 Å². The van der Waals surface area contributed by atoms with Gasteiger partial charge in [-0.2, -0.15) is 0 Å². The molecule has 120 valence electrons. The summed E-state index contributed by atoms with van der Waals surface area (Å²) in [6.07, 6.45) is 0.806. The minimum Gasteiger partial charge on any atom is -0.408 e. The molecule has 7 nitrogen and oxygen atoms in total. The Morgan fingerprint density at radius 2 is 2.00 bits per heavy atom. The van der Waals surface area contributed by atoms with E-state index in [0.29, 0.717) is 5.52 Å². The van der Waals surface area contributed by atoms with Crippen LogP contribution >= 0.6 is 11.6 Å². The summed E-state index contributed by atoms with van der Waals surface area (Å²) in [6, 6.07) is 12.7. The number of carbonyl (C=O) groups is 1. The third kappa shape index (κ3) is 3.26. The van der Waals surface area contributed by atoms with Gasteiger partial charge in [-0.25, -0.2) is 4.79 Å². The summed E-state index contributed by atoms with van der Waals surface area (Å²) in [5, 5.41) is 14.1. The Labute approximate surface area is 141 Å². The molecular formula is C16H10ClN3O4. The van der Waals surface area contributed by atoms with E-state index in [2.05, 4.69) is 10.3 Å². The quantitative estimate of drug-likeness (QED) is 0.561. The third-order valence-electron chi connectivity index (χ3n) is 3.19. The molecule has 0 saturated heterocycles. The highest BCUT2D eigenvalue weighted by Gasteiger charge is 2.15. The molecule has 0 radical (unpaired) electrons. The number of halogens is 1. The van der Waals surface area contributed by atoms with Crippen molar-refractivity contribution in [1.82, 2.24) is 4.98 Å². The summed E-state index contributed by atoms with van der Waals surface area (Å²) in [7, 11) is 0. The van der Waals surface area contributed by atoms with Crippen LogP contribution in [0.15, 0.2) is 54.7 Å². The van der Waals surface area contributed by atoms with Crippen LogP contribution in [0.2, 0.25) is 5.02 Å². The zero-order valence-electron chi connectivity index (χ0n) is 12.1. The summed E-state index contributed by atoms with van der Waals surface area (Å²) in [5.74, 6) is 0.286. The van der Waals surface area contributed by atoms with Gasteiger partial charge in [0.1, 0.15) is 10.5 Å². The first kappa shape index (κ1) is 15.7. The Balaban J connectivity index is 1.81. The molecule has 1 aromatic heterocycles. The number of nitro groups is 1. The maximum atomic E-state index is 12.0. The Bertz CT molecular complexity index is 940. The van der Waals surface area contributed by atoms with Gasteiger partial charge >= 0.3 is 6.09 Å². The summed E-state index contributed by atoms with van der Waals surface area (Å²) in [5.41, 5.74) is 0.433. The van der Waals surface area contributed by atoms with Gasteiger partial charge in [-0.3, -0.25) is 20.4 Å². The Morgan fingerprint density at radius 1 is 1.21 bits per heavy atom. The molecule has 0 aliphatic rings. The molecule has 0 aliphatic heterocycles. The average molecular weight is 344 g/mol. The lowest BCUT2D eigenvalue weighted by atomic mass is 10.2. The normalized spacial score (nSPS) is 10.4. The van der Waals surface area contributed by atoms with Crippen LogP contribution in [0.5, 0.6) is 5.75 Å². The Morgan fingerprint density at radius 3 is 2.79 bits per heavy atom. The molecule has 0 fully saturated rings. The number of pyridine rings is 1. The molecule has 1 heterocycles. The number of anilines is 1. The molecule has 3 aromatic rings. The van der Waals surface area contributed by atoms with E-state index in [9.17, 15) is 14.9 Å². The Hall–Kier alpha value is -3.19. The summed E-state index contributed by atoms with van der Waals surface area (Å²) in [4.78, 5) is 26.4. The van der Waals surface area contributed by atoms with Gasteiger partial charge in [-0.15, -0.1) is 0 Å². The summed E-state index contributed by atoms with van der Waals surface area (Å²) in [6.45, 7) is 0. The van der Waals surface area contributed by atoms with Crippen LogP contribution in [-0.4, -0.2) is 16.0 Å². The van der Waals surface area contributed by atoms with Gasteiger partial charge in [-0.05, 0) is 24.3 Å². The molecule has 1 amide bonds. The predicted molar refractivity (Wildman–Crippen MR) is 89.5 cm³/mol. The van der Waals surface area contributed by atoms with Gasteiger partial charge < -0.3 is 4.74 Å².